The van der Waals surface area contributed by atoms with Gasteiger partial charge in [-0.3, -0.25) is 0 Å². The third kappa shape index (κ3) is 3.79. The maximum absolute atomic E-state index is 12.1. The Bertz CT molecular complexity index is 368. The average molecular weight is 271 g/mol. The van der Waals surface area contributed by atoms with Crippen molar-refractivity contribution in [2.45, 2.75) is 18.5 Å². The van der Waals surface area contributed by atoms with Gasteiger partial charge in [-0.05, 0) is 25.3 Å². The molecule has 0 radical (unpaired) electrons. The number of halogens is 4. The number of hydrogen-bond donors (Lipinski definition) is 0. The summed E-state index contributed by atoms with van der Waals surface area (Å²) in [6, 6.07) is 4.27. The summed E-state index contributed by atoms with van der Waals surface area (Å²) in [5, 5.41) is 0.130. The maximum atomic E-state index is 12.1. The van der Waals surface area contributed by atoms with Crippen LogP contribution in [0.1, 0.15) is 17.7 Å². The van der Waals surface area contributed by atoms with Gasteiger partial charge in [0.1, 0.15) is 5.75 Å². The number of hydrogen-bond acceptors (Lipinski definition) is 2. The molecule has 1 nitrogen and oxygen atoms in total. The second-order valence-corrected chi connectivity index (χ2v) is 4.72. The first-order valence-electron chi connectivity index (χ1n) is 4.41. The van der Waals surface area contributed by atoms with Gasteiger partial charge in [-0.1, -0.05) is 17.7 Å². The first-order chi connectivity index (χ1) is 7.33. The standard InChI is InChI=1S/C10H10ClF3OS/c1-6(16-2)8-4-3-7(11)5-9(8)15-10(12,13)14/h3-6H,1-2H3/t6-/m0/s1. The Balaban J connectivity index is 3.08. The van der Waals surface area contributed by atoms with Gasteiger partial charge < -0.3 is 4.74 Å². The fraction of sp³-hybridized carbons (Fsp3) is 0.400. The van der Waals surface area contributed by atoms with Crippen molar-refractivity contribution in [3.63, 3.8) is 0 Å². The Kier molecular flexibility index (Phi) is 4.38. The SMILES string of the molecule is CS[C@@H](C)c1ccc(Cl)cc1OC(F)(F)F. The summed E-state index contributed by atoms with van der Waals surface area (Å²) in [6.07, 6.45) is -2.88. The minimum Gasteiger partial charge on any atom is -0.405 e. The molecule has 1 rings (SSSR count). The van der Waals surface area contributed by atoms with E-state index in [1.807, 2.05) is 6.26 Å². The van der Waals surface area contributed by atoms with Gasteiger partial charge in [0.05, 0.1) is 0 Å². The van der Waals surface area contributed by atoms with Crippen molar-refractivity contribution in [3.8, 4) is 5.75 Å². The van der Waals surface area contributed by atoms with Crippen LogP contribution in [0, 0.1) is 0 Å². The van der Waals surface area contributed by atoms with Crippen LogP contribution in [0.15, 0.2) is 18.2 Å². The first kappa shape index (κ1) is 13.5. The van der Waals surface area contributed by atoms with E-state index in [2.05, 4.69) is 4.74 Å². The molecular formula is C10H10ClF3OS. The minimum absolute atomic E-state index is 0.0883. The summed E-state index contributed by atoms with van der Waals surface area (Å²) in [4.78, 5) is 0. The van der Waals surface area contributed by atoms with Crippen molar-refractivity contribution >= 4 is 23.4 Å². The lowest BCUT2D eigenvalue weighted by molar-refractivity contribution is -0.274. The lowest BCUT2D eigenvalue weighted by atomic mass is 10.1. The van der Waals surface area contributed by atoms with Crippen molar-refractivity contribution in [3.05, 3.63) is 28.8 Å². The van der Waals surface area contributed by atoms with Gasteiger partial charge in [0.15, 0.2) is 0 Å². The van der Waals surface area contributed by atoms with E-state index in [-0.39, 0.29) is 16.0 Å². The highest BCUT2D eigenvalue weighted by Gasteiger charge is 2.32. The van der Waals surface area contributed by atoms with Crippen LogP contribution in [0.4, 0.5) is 13.2 Å². The molecule has 1 aromatic carbocycles. The van der Waals surface area contributed by atoms with Crippen LogP contribution < -0.4 is 4.74 Å². The van der Waals surface area contributed by atoms with Crippen LogP contribution in [0.2, 0.25) is 5.02 Å². The van der Waals surface area contributed by atoms with Crippen LogP contribution in [0.25, 0.3) is 0 Å². The first-order valence-corrected chi connectivity index (χ1v) is 6.08. The molecule has 0 aliphatic heterocycles. The molecular weight excluding hydrogens is 261 g/mol. The Morgan fingerprint density at radius 2 is 2.00 bits per heavy atom. The Morgan fingerprint density at radius 3 is 2.50 bits per heavy atom. The number of thioether (sulfide) groups is 1. The molecule has 0 amide bonds. The minimum atomic E-state index is -4.70. The summed E-state index contributed by atoms with van der Waals surface area (Å²) in [5.41, 5.74) is 0.481. The second-order valence-electron chi connectivity index (χ2n) is 3.11. The summed E-state index contributed by atoms with van der Waals surface area (Å²) >= 11 is 7.07. The lowest BCUT2D eigenvalue weighted by Crippen LogP contribution is -2.18. The van der Waals surface area contributed by atoms with Crippen LogP contribution in [0.5, 0.6) is 5.75 Å². The molecule has 1 aromatic rings. The molecule has 0 aromatic heterocycles. The molecule has 0 aliphatic carbocycles. The molecule has 0 heterocycles. The average Bonchev–Trinajstić information content (AvgIpc) is 2.14. The molecule has 90 valence electrons. The lowest BCUT2D eigenvalue weighted by Gasteiger charge is -2.16. The van der Waals surface area contributed by atoms with Crippen molar-refractivity contribution in [2.75, 3.05) is 6.26 Å². The predicted molar refractivity (Wildman–Crippen MR) is 60.1 cm³/mol. The highest BCUT2D eigenvalue weighted by molar-refractivity contribution is 7.98. The Hall–Kier alpha value is -0.550. The number of ether oxygens (including phenoxy) is 1. The van der Waals surface area contributed by atoms with Gasteiger partial charge in [0.25, 0.3) is 0 Å². The van der Waals surface area contributed by atoms with E-state index in [9.17, 15) is 13.2 Å². The number of rotatable bonds is 3. The monoisotopic (exact) mass is 270 g/mol. The molecule has 0 saturated carbocycles. The number of alkyl halides is 3. The third-order valence-corrected chi connectivity index (χ3v) is 3.19. The second kappa shape index (κ2) is 5.19. The van der Waals surface area contributed by atoms with Crippen LogP contribution in [0.3, 0.4) is 0 Å². The van der Waals surface area contributed by atoms with Crippen LogP contribution in [-0.2, 0) is 0 Å². The van der Waals surface area contributed by atoms with E-state index < -0.39 is 6.36 Å². The molecule has 0 bridgehead atoms. The van der Waals surface area contributed by atoms with E-state index in [0.29, 0.717) is 5.56 Å². The van der Waals surface area contributed by atoms with Gasteiger partial charge in [-0.2, -0.15) is 11.8 Å². The van der Waals surface area contributed by atoms with Gasteiger partial charge in [-0.15, -0.1) is 13.2 Å². The fourth-order valence-electron chi connectivity index (χ4n) is 1.18. The zero-order valence-corrected chi connectivity index (χ0v) is 10.2. The van der Waals surface area contributed by atoms with Gasteiger partial charge in [0, 0.05) is 15.8 Å². The summed E-state index contributed by atoms with van der Waals surface area (Å²) in [7, 11) is 0. The molecule has 0 unspecified atom stereocenters. The Morgan fingerprint density at radius 1 is 1.38 bits per heavy atom. The normalized spacial score (nSPS) is 13.6. The summed E-state index contributed by atoms with van der Waals surface area (Å²) < 4.78 is 40.4. The molecule has 0 aliphatic rings. The molecule has 0 spiro atoms. The largest absolute Gasteiger partial charge is 0.573 e. The molecule has 1 atom stereocenters. The highest BCUT2D eigenvalue weighted by Crippen LogP contribution is 2.37. The van der Waals surface area contributed by atoms with Crippen LogP contribution >= 0.6 is 23.4 Å². The number of benzene rings is 1. The van der Waals surface area contributed by atoms with E-state index in [4.69, 9.17) is 11.6 Å². The van der Waals surface area contributed by atoms with Crippen LogP contribution in [-0.4, -0.2) is 12.6 Å². The van der Waals surface area contributed by atoms with E-state index in [0.717, 1.165) is 0 Å². The molecule has 6 heteroatoms. The van der Waals surface area contributed by atoms with Gasteiger partial charge in [0.2, 0.25) is 0 Å². The predicted octanol–water partition coefficient (Wildman–Crippen LogP) is 4.66. The fourth-order valence-corrected chi connectivity index (χ4v) is 1.79. The van der Waals surface area contributed by atoms with E-state index >= 15 is 0 Å². The molecule has 16 heavy (non-hydrogen) atoms. The topological polar surface area (TPSA) is 9.23 Å². The van der Waals surface area contributed by atoms with Crippen molar-refractivity contribution in [2.24, 2.45) is 0 Å². The molecule has 0 saturated heterocycles. The molecule has 0 fully saturated rings. The Labute approximate surface area is 101 Å². The van der Waals surface area contributed by atoms with Gasteiger partial charge in [-0.25, -0.2) is 0 Å². The molecule has 0 N–H and O–H groups in total. The van der Waals surface area contributed by atoms with E-state index in [1.165, 1.54) is 17.8 Å². The van der Waals surface area contributed by atoms with Gasteiger partial charge >= 0.3 is 6.36 Å². The van der Waals surface area contributed by atoms with Crippen molar-refractivity contribution in [1.29, 1.82) is 0 Å². The van der Waals surface area contributed by atoms with Crippen molar-refractivity contribution in [1.82, 2.24) is 0 Å². The third-order valence-electron chi connectivity index (χ3n) is 1.99. The maximum Gasteiger partial charge on any atom is 0.573 e. The zero-order chi connectivity index (χ0) is 12.3. The summed E-state index contributed by atoms with van der Waals surface area (Å²) in [5.74, 6) is -0.234. The smallest absolute Gasteiger partial charge is 0.405 e. The summed E-state index contributed by atoms with van der Waals surface area (Å²) in [6.45, 7) is 1.80. The van der Waals surface area contributed by atoms with Crippen molar-refractivity contribution < 1.29 is 17.9 Å². The highest BCUT2D eigenvalue weighted by atomic mass is 35.5. The quantitative estimate of drug-likeness (QED) is 0.790. The zero-order valence-electron chi connectivity index (χ0n) is 8.64. The van der Waals surface area contributed by atoms with E-state index in [1.54, 1.807) is 19.1 Å².